The van der Waals surface area contributed by atoms with Crippen LogP contribution in [0.5, 0.6) is 0 Å². The first kappa shape index (κ1) is 20.3. The van der Waals surface area contributed by atoms with Crippen molar-refractivity contribution >= 4 is 23.5 Å². The third-order valence-electron chi connectivity index (χ3n) is 3.84. The largest absolute Gasteiger partial charge is 0.351 e. The Bertz CT molecular complexity index is 1120. The normalized spacial score (nSPS) is 10.3. The summed E-state index contributed by atoms with van der Waals surface area (Å²) in [6.45, 7) is -0.0270. The molecule has 0 unspecified atom stereocenters. The third kappa shape index (κ3) is 5.51. The van der Waals surface area contributed by atoms with E-state index in [0.29, 0.717) is 16.9 Å². The molecule has 3 aromatic rings. The number of primary amides is 1. The van der Waals surface area contributed by atoms with E-state index in [1.807, 2.05) is 0 Å². The zero-order valence-electron chi connectivity index (χ0n) is 15.6. The van der Waals surface area contributed by atoms with Gasteiger partial charge in [0.25, 0.3) is 17.4 Å². The molecule has 0 bridgehead atoms. The summed E-state index contributed by atoms with van der Waals surface area (Å²) in [4.78, 5) is 53.8. The van der Waals surface area contributed by atoms with Crippen LogP contribution in [0.15, 0.2) is 47.5 Å². The molecule has 2 heterocycles. The molecule has 154 valence electrons. The number of anilines is 1. The molecule has 3 rings (SSSR count). The van der Waals surface area contributed by atoms with E-state index in [1.54, 1.807) is 18.2 Å². The monoisotopic (exact) mass is 410 g/mol. The molecule has 0 spiro atoms. The lowest BCUT2D eigenvalue weighted by atomic mass is 10.2. The summed E-state index contributed by atoms with van der Waals surface area (Å²) in [7, 11) is 0. The van der Waals surface area contributed by atoms with Crippen LogP contribution in [-0.4, -0.2) is 38.0 Å². The first-order valence-electron chi connectivity index (χ1n) is 8.71. The number of carbonyl (C=O) groups is 3. The van der Waals surface area contributed by atoms with E-state index in [2.05, 4.69) is 36.1 Å². The summed E-state index contributed by atoms with van der Waals surface area (Å²) in [5.74, 6) is -0.593. The minimum Gasteiger partial charge on any atom is -0.351 e. The van der Waals surface area contributed by atoms with Gasteiger partial charge in [-0.3, -0.25) is 19.5 Å². The second-order valence-corrected chi connectivity index (χ2v) is 6.11. The molecule has 12 heteroatoms. The van der Waals surface area contributed by atoms with Crippen molar-refractivity contribution in [1.29, 1.82) is 0 Å². The Morgan fingerprint density at radius 1 is 1.03 bits per heavy atom. The minimum absolute atomic E-state index is 0.0235. The number of H-pyrrole nitrogens is 2. The second kappa shape index (κ2) is 9.14. The summed E-state index contributed by atoms with van der Waals surface area (Å²) in [6.07, 6.45) is 2.81. The highest BCUT2D eigenvalue weighted by atomic mass is 16.2. The highest BCUT2D eigenvalue weighted by molar-refractivity contribution is 5.96. The number of nitrogens with zero attached hydrogens (tertiary/aromatic N) is 2. The number of amides is 4. The Morgan fingerprint density at radius 2 is 1.80 bits per heavy atom. The van der Waals surface area contributed by atoms with E-state index in [-0.39, 0.29) is 30.4 Å². The Labute approximate surface area is 169 Å². The average Bonchev–Trinajstić information content (AvgIpc) is 3.24. The molecular weight excluding hydrogens is 392 g/mol. The zero-order valence-corrected chi connectivity index (χ0v) is 15.6. The number of benzene rings is 1. The average molecular weight is 410 g/mol. The lowest BCUT2D eigenvalue weighted by molar-refractivity contribution is 0.0943. The lowest BCUT2D eigenvalue weighted by Crippen LogP contribution is -2.28. The molecule has 0 aliphatic heterocycles. The number of nitrogens with two attached hydrogens (primary N) is 1. The van der Waals surface area contributed by atoms with Crippen LogP contribution < -0.4 is 27.2 Å². The maximum atomic E-state index is 12.3. The van der Waals surface area contributed by atoms with E-state index < -0.39 is 17.5 Å². The number of aromatic amines is 2. The van der Waals surface area contributed by atoms with Crippen molar-refractivity contribution in [1.82, 2.24) is 30.8 Å². The maximum absolute atomic E-state index is 12.3. The van der Waals surface area contributed by atoms with Gasteiger partial charge in [0.05, 0.1) is 30.5 Å². The molecule has 2 aromatic heterocycles. The molecule has 4 amide bonds. The van der Waals surface area contributed by atoms with Crippen molar-refractivity contribution in [2.24, 2.45) is 5.73 Å². The number of nitrogens with one attached hydrogen (secondary N) is 5. The SMILES string of the molecule is NC(=O)Nc1cccc(C(=O)NCc2nc(CNC(=O)c3cn[nH]c3)cc(=O)[nH]2)c1. The number of urea groups is 1. The Balaban J connectivity index is 1.61. The van der Waals surface area contributed by atoms with E-state index in [0.717, 1.165) is 0 Å². The Hall–Kier alpha value is -4.48. The van der Waals surface area contributed by atoms with Crippen LogP contribution in [0, 0.1) is 0 Å². The Morgan fingerprint density at radius 3 is 2.53 bits per heavy atom. The van der Waals surface area contributed by atoms with Crippen LogP contribution >= 0.6 is 0 Å². The first-order chi connectivity index (χ1) is 14.4. The fraction of sp³-hybridized carbons (Fsp3) is 0.111. The third-order valence-corrected chi connectivity index (χ3v) is 3.84. The van der Waals surface area contributed by atoms with E-state index in [4.69, 9.17) is 5.73 Å². The van der Waals surface area contributed by atoms with Crippen molar-refractivity contribution in [3.8, 4) is 0 Å². The van der Waals surface area contributed by atoms with Crippen LogP contribution in [0.1, 0.15) is 32.2 Å². The highest BCUT2D eigenvalue weighted by Crippen LogP contribution is 2.10. The van der Waals surface area contributed by atoms with Crippen LogP contribution in [0.3, 0.4) is 0 Å². The fourth-order valence-electron chi connectivity index (χ4n) is 2.53. The van der Waals surface area contributed by atoms with Gasteiger partial charge in [-0.25, -0.2) is 9.78 Å². The summed E-state index contributed by atoms with van der Waals surface area (Å²) < 4.78 is 0. The van der Waals surface area contributed by atoms with E-state index >= 15 is 0 Å². The quantitative estimate of drug-likeness (QED) is 0.314. The number of rotatable bonds is 7. The van der Waals surface area contributed by atoms with Gasteiger partial charge >= 0.3 is 6.03 Å². The van der Waals surface area contributed by atoms with Gasteiger partial charge < -0.3 is 26.7 Å². The van der Waals surface area contributed by atoms with E-state index in [1.165, 1.54) is 24.5 Å². The van der Waals surface area contributed by atoms with Gasteiger partial charge in [0.2, 0.25) is 0 Å². The predicted octanol–water partition coefficient (Wildman–Crippen LogP) is -0.156. The Kier molecular flexibility index (Phi) is 6.17. The van der Waals surface area contributed by atoms with Crippen LogP contribution in [0.25, 0.3) is 0 Å². The van der Waals surface area contributed by atoms with Crippen molar-refractivity contribution in [3.05, 3.63) is 75.7 Å². The molecule has 0 radical (unpaired) electrons. The lowest BCUT2D eigenvalue weighted by Gasteiger charge is -2.08. The van der Waals surface area contributed by atoms with Gasteiger partial charge in [-0.15, -0.1) is 0 Å². The topological polar surface area (TPSA) is 188 Å². The summed E-state index contributed by atoms with van der Waals surface area (Å²) in [5.41, 5.74) is 5.97. The van der Waals surface area contributed by atoms with Crippen molar-refractivity contribution in [2.75, 3.05) is 5.32 Å². The van der Waals surface area contributed by atoms with Crippen molar-refractivity contribution < 1.29 is 14.4 Å². The van der Waals surface area contributed by atoms with Gasteiger partial charge in [0, 0.05) is 23.5 Å². The number of hydrogen-bond donors (Lipinski definition) is 6. The molecule has 30 heavy (non-hydrogen) atoms. The van der Waals surface area contributed by atoms with Gasteiger partial charge in [-0.05, 0) is 18.2 Å². The van der Waals surface area contributed by atoms with Crippen molar-refractivity contribution in [2.45, 2.75) is 13.1 Å². The molecule has 0 saturated carbocycles. The van der Waals surface area contributed by atoms with Crippen LogP contribution in [-0.2, 0) is 13.1 Å². The number of hydrogen-bond acceptors (Lipinski definition) is 6. The molecule has 1 aromatic carbocycles. The molecule has 7 N–H and O–H groups in total. The minimum atomic E-state index is -0.744. The fourth-order valence-corrected chi connectivity index (χ4v) is 2.53. The standard InChI is InChI=1S/C18H18N8O4/c19-18(30)25-12-3-1-2-10(4-12)16(28)21-9-14-24-13(5-15(27)26-14)8-20-17(29)11-6-22-23-7-11/h1-7H,8-9H2,(H,20,29)(H,21,28)(H,22,23)(H3,19,25,30)(H,24,26,27). The van der Waals surface area contributed by atoms with Crippen LogP contribution in [0.4, 0.5) is 10.5 Å². The molecule has 12 nitrogen and oxygen atoms in total. The highest BCUT2D eigenvalue weighted by Gasteiger charge is 2.10. The zero-order chi connectivity index (χ0) is 21.5. The predicted molar refractivity (Wildman–Crippen MR) is 105 cm³/mol. The summed E-state index contributed by atoms with van der Waals surface area (Å²) >= 11 is 0. The summed E-state index contributed by atoms with van der Waals surface area (Å²) in [6, 6.07) is 6.69. The first-order valence-corrected chi connectivity index (χ1v) is 8.71. The molecule has 0 fully saturated rings. The summed E-state index contributed by atoms with van der Waals surface area (Å²) in [5, 5.41) is 13.8. The van der Waals surface area contributed by atoms with Gasteiger partial charge in [0.15, 0.2) is 0 Å². The molecule has 0 aliphatic rings. The number of aromatic nitrogens is 4. The van der Waals surface area contributed by atoms with Crippen molar-refractivity contribution in [3.63, 3.8) is 0 Å². The van der Waals surface area contributed by atoms with Crippen LogP contribution in [0.2, 0.25) is 0 Å². The smallest absolute Gasteiger partial charge is 0.316 e. The van der Waals surface area contributed by atoms with Gasteiger partial charge in [0.1, 0.15) is 5.82 Å². The molecule has 0 saturated heterocycles. The molecule has 0 aliphatic carbocycles. The van der Waals surface area contributed by atoms with Gasteiger partial charge in [-0.1, -0.05) is 6.07 Å². The van der Waals surface area contributed by atoms with Gasteiger partial charge in [-0.2, -0.15) is 5.10 Å². The van der Waals surface area contributed by atoms with E-state index in [9.17, 15) is 19.2 Å². The second-order valence-electron chi connectivity index (χ2n) is 6.11. The molecule has 0 atom stereocenters. The maximum Gasteiger partial charge on any atom is 0.316 e. The number of carbonyl (C=O) groups excluding carboxylic acids is 3. The molecular formula is C18H18N8O4.